The first-order chi connectivity index (χ1) is 14.9. The van der Waals surface area contributed by atoms with Gasteiger partial charge in [0.05, 0.1) is 12.1 Å². The molecule has 6 nitrogen and oxygen atoms in total. The number of aromatic nitrogens is 1. The van der Waals surface area contributed by atoms with Crippen LogP contribution >= 0.6 is 0 Å². The van der Waals surface area contributed by atoms with Gasteiger partial charge < -0.3 is 14.6 Å². The van der Waals surface area contributed by atoms with E-state index in [9.17, 15) is 19.1 Å². The summed E-state index contributed by atoms with van der Waals surface area (Å²) in [5.74, 6) is -0.829. The summed E-state index contributed by atoms with van der Waals surface area (Å²) < 4.78 is 15.6. The lowest BCUT2D eigenvalue weighted by Gasteiger charge is -2.32. The van der Waals surface area contributed by atoms with Gasteiger partial charge in [0, 0.05) is 56.9 Å². The number of benzene rings is 1. The summed E-state index contributed by atoms with van der Waals surface area (Å²) in [7, 11) is 3.40. The van der Waals surface area contributed by atoms with E-state index < -0.39 is 6.04 Å². The van der Waals surface area contributed by atoms with Crippen LogP contribution in [-0.2, 0) is 17.9 Å². The van der Waals surface area contributed by atoms with Crippen molar-refractivity contribution in [2.75, 3.05) is 20.7 Å². The van der Waals surface area contributed by atoms with Crippen molar-refractivity contribution in [3.63, 3.8) is 0 Å². The molecule has 0 aliphatic carbocycles. The highest BCUT2D eigenvalue weighted by Gasteiger charge is 2.55. The Hall–Kier alpha value is -2.77. The van der Waals surface area contributed by atoms with E-state index in [1.54, 1.807) is 30.8 Å². The molecule has 0 unspecified atom stereocenters. The SMILES string of the molecule is C/C=C/c1ccc2n(c1=O)C[C@@H]1[C@@H](CO)[C@H](C(=O)N(C)C)N(Cc3cccc(F)c3)[C@H]21. The quantitative estimate of drug-likeness (QED) is 0.798. The first kappa shape index (κ1) is 21.5. The Bertz CT molecular complexity index is 1080. The van der Waals surface area contributed by atoms with Crippen LogP contribution in [0, 0.1) is 17.7 Å². The number of likely N-dealkylation sites (N-methyl/N-ethyl adjacent to an activating group) is 1. The number of hydrogen-bond donors (Lipinski definition) is 1. The first-order valence-corrected chi connectivity index (χ1v) is 10.6. The van der Waals surface area contributed by atoms with Crippen molar-refractivity contribution in [1.82, 2.24) is 14.4 Å². The van der Waals surface area contributed by atoms with Crippen molar-refractivity contribution in [2.45, 2.75) is 32.1 Å². The molecule has 2 aliphatic heterocycles. The molecule has 0 saturated carbocycles. The number of rotatable bonds is 5. The van der Waals surface area contributed by atoms with Gasteiger partial charge in [0.15, 0.2) is 0 Å². The van der Waals surface area contributed by atoms with Crippen molar-refractivity contribution >= 4 is 12.0 Å². The molecule has 0 bridgehead atoms. The molecule has 4 atom stereocenters. The third-order valence-corrected chi connectivity index (χ3v) is 6.51. The van der Waals surface area contributed by atoms with Crippen LogP contribution in [-0.4, -0.2) is 52.1 Å². The van der Waals surface area contributed by atoms with Crippen molar-refractivity contribution in [1.29, 1.82) is 0 Å². The minimum atomic E-state index is -0.544. The van der Waals surface area contributed by atoms with Crippen molar-refractivity contribution in [2.24, 2.45) is 11.8 Å². The Labute approximate surface area is 181 Å². The zero-order chi connectivity index (χ0) is 22.3. The summed E-state index contributed by atoms with van der Waals surface area (Å²) in [5.41, 5.74) is 2.14. The standard InChI is InChI=1S/C24H28FN3O3/c1-4-6-16-9-10-20-21-18(13-27(20)23(16)30)19(14-29)22(24(31)26(2)3)28(21)12-15-7-5-8-17(25)11-15/h4-11,18-19,21-22,29H,12-14H2,1-3H3/b6-4+/t18-,19-,21+,22-/m1/s1. The van der Waals surface area contributed by atoms with Crippen LogP contribution in [0.25, 0.3) is 6.08 Å². The third-order valence-electron chi connectivity index (χ3n) is 6.51. The summed E-state index contributed by atoms with van der Waals surface area (Å²) in [5, 5.41) is 10.3. The van der Waals surface area contributed by atoms with Gasteiger partial charge in [-0.1, -0.05) is 24.3 Å². The van der Waals surface area contributed by atoms with Crippen LogP contribution in [0.4, 0.5) is 4.39 Å². The van der Waals surface area contributed by atoms with E-state index in [0.717, 1.165) is 11.3 Å². The van der Waals surface area contributed by atoms with Crippen LogP contribution < -0.4 is 5.56 Å². The van der Waals surface area contributed by atoms with Gasteiger partial charge in [0.25, 0.3) is 5.56 Å². The summed E-state index contributed by atoms with van der Waals surface area (Å²) >= 11 is 0. The molecule has 1 amide bonds. The average molecular weight is 426 g/mol. The molecule has 1 N–H and O–H groups in total. The normalized spacial score (nSPS) is 25.1. The highest BCUT2D eigenvalue weighted by Crippen LogP contribution is 2.50. The number of allylic oxidation sites excluding steroid dienone is 1. The number of halogens is 1. The second kappa shape index (κ2) is 8.40. The number of carbonyl (C=O) groups excluding carboxylic acids is 1. The second-order valence-corrected chi connectivity index (χ2v) is 8.56. The van der Waals surface area contributed by atoms with Crippen LogP contribution in [0.3, 0.4) is 0 Å². The molecule has 2 aliphatic rings. The van der Waals surface area contributed by atoms with E-state index in [0.29, 0.717) is 18.7 Å². The molecule has 0 spiro atoms. The lowest BCUT2D eigenvalue weighted by atomic mass is 9.88. The van der Waals surface area contributed by atoms with Gasteiger partial charge >= 0.3 is 0 Å². The second-order valence-electron chi connectivity index (χ2n) is 8.56. The predicted molar refractivity (Wildman–Crippen MR) is 117 cm³/mol. The van der Waals surface area contributed by atoms with E-state index in [2.05, 4.69) is 0 Å². The van der Waals surface area contributed by atoms with E-state index >= 15 is 0 Å². The lowest BCUT2D eigenvalue weighted by Crippen LogP contribution is -2.47. The number of aliphatic hydroxyl groups excluding tert-OH is 1. The summed E-state index contributed by atoms with van der Waals surface area (Å²) in [4.78, 5) is 29.7. The maximum atomic E-state index is 13.9. The molecule has 1 fully saturated rings. The number of nitrogens with zero attached hydrogens (tertiary/aromatic N) is 3. The smallest absolute Gasteiger partial charge is 0.258 e. The van der Waals surface area contributed by atoms with Crippen molar-refractivity contribution in [3.05, 3.63) is 75.5 Å². The minimum absolute atomic E-state index is 0.0668. The van der Waals surface area contributed by atoms with Gasteiger partial charge in [-0.15, -0.1) is 0 Å². The molecular weight excluding hydrogens is 397 g/mol. The molecule has 1 saturated heterocycles. The number of likely N-dealkylation sites (tertiary alicyclic amines) is 1. The molecule has 4 rings (SSSR count). The van der Waals surface area contributed by atoms with Crippen LogP contribution in [0.2, 0.25) is 0 Å². The van der Waals surface area contributed by atoms with Gasteiger partial charge in [-0.3, -0.25) is 14.5 Å². The van der Waals surface area contributed by atoms with E-state index in [1.807, 2.05) is 36.1 Å². The first-order valence-electron chi connectivity index (χ1n) is 10.6. The maximum absolute atomic E-state index is 13.9. The Morgan fingerprint density at radius 2 is 2.06 bits per heavy atom. The van der Waals surface area contributed by atoms with Gasteiger partial charge in [0.1, 0.15) is 5.82 Å². The molecule has 3 heterocycles. The fraction of sp³-hybridized carbons (Fsp3) is 0.417. The minimum Gasteiger partial charge on any atom is -0.396 e. The van der Waals surface area contributed by atoms with Gasteiger partial charge in [0.2, 0.25) is 5.91 Å². The Kier molecular flexibility index (Phi) is 5.81. The summed E-state index contributed by atoms with van der Waals surface area (Å²) in [6.07, 6.45) is 3.62. The van der Waals surface area contributed by atoms with Crippen molar-refractivity contribution in [3.8, 4) is 0 Å². The zero-order valence-corrected chi connectivity index (χ0v) is 18.0. The number of aliphatic hydroxyl groups is 1. The molecule has 7 heteroatoms. The molecule has 0 radical (unpaired) electrons. The van der Waals surface area contributed by atoms with Gasteiger partial charge in [-0.25, -0.2) is 4.39 Å². The summed E-state index contributed by atoms with van der Waals surface area (Å²) in [6.45, 7) is 2.51. The monoisotopic (exact) mass is 425 g/mol. The van der Waals surface area contributed by atoms with Crippen LogP contribution in [0.15, 0.2) is 47.3 Å². The average Bonchev–Trinajstić information content (AvgIpc) is 3.25. The summed E-state index contributed by atoms with van der Waals surface area (Å²) in [6, 6.07) is 9.35. The largest absolute Gasteiger partial charge is 0.396 e. The molecule has 1 aromatic heterocycles. The number of amides is 1. The van der Waals surface area contributed by atoms with Gasteiger partial charge in [-0.05, 0) is 36.8 Å². The van der Waals surface area contributed by atoms with Gasteiger partial charge in [-0.2, -0.15) is 0 Å². The Morgan fingerprint density at radius 3 is 2.71 bits per heavy atom. The zero-order valence-electron chi connectivity index (χ0n) is 18.0. The number of fused-ring (bicyclic) bond motifs is 3. The Morgan fingerprint density at radius 1 is 1.29 bits per heavy atom. The highest BCUT2D eigenvalue weighted by molar-refractivity contribution is 5.82. The predicted octanol–water partition coefficient (Wildman–Crippen LogP) is 2.27. The highest BCUT2D eigenvalue weighted by atomic mass is 19.1. The van der Waals surface area contributed by atoms with Crippen LogP contribution in [0.1, 0.15) is 29.8 Å². The topological polar surface area (TPSA) is 65.8 Å². The fourth-order valence-electron chi connectivity index (χ4n) is 5.20. The number of pyridine rings is 1. The van der Waals surface area contributed by atoms with Crippen LogP contribution in [0.5, 0.6) is 0 Å². The molecule has 2 aromatic rings. The third kappa shape index (κ3) is 3.62. The van der Waals surface area contributed by atoms with E-state index in [4.69, 9.17) is 0 Å². The molecule has 1 aromatic carbocycles. The molecule has 164 valence electrons. The Balaban J connectivity index is 1.82. The van der Waals surface area contributed by atoms with Crippen molar-refractivity contribution < 1.29 is 14.3 Å². The molecule has 31 heavy (non-hydrogen) atoms. The lowest BCUT2D eigenvalue weighted by molar-refractivity contribution is -0.136. The number of hydrogen-bond acceptors (Lipinski definition) is 4. The number of carbonyl (C=O) groups is 1. The molecular formula is C24H28FN3O3. The fourth-order valence-corrected chi connectivity index (χ4v) is 5.20. The maximum Gasteiger partial charge on any atom is 0.258 e. The van der Waals surface area contributed by atoms with E-state index in [-0.39, 0.29) is 41.8 Å². The van der Waals surface area contributed by atoms with E-state index in [1.165, 1.54) is 17.0 Å².